The van der Waals surface area contributed by atoms with Gasteiger partial charge in [0.05, 0.1) is 0 Å². The lowest BCUT2D eigenvalue weighted by Gasteiger charge is -2.29. The van der Waals surface area contributed by atoms with Crippen molar-refractivity contribution in [3.05, 3.63) is 0 Å². The average molecular weight is 254 g/mol. The number of carbonyl (C=O) groups excluding carboxylic acids is 1. The molecule has 0 radical (unpaired) electrons. The van der Waals surface area contributed by atoms with E-state index < -0.39 is 0 Å². The predicted molar refractivity (Wildman–Crippen MR) is 76.2 cm³/mol. The first-order valence-electron chi connectivity index (χ1n) is 7.57. The third kappa shape index (κ3) is 4.97. The summed E-state index contributed by atoms with van der Waals surface area (Å²) in [5, 5.41) is 3.18. The fourth-order valence-electron chi connectivity index (χ4n) is 2.93. The van der Waals surface area contributed by atoms with Gasteiger partial charge < -0.3 is 11.1 Å². The second-order valence-electron chi connectivity index (χ2n) is 6.12. The molecule has 1 fully saturated rings. The fraction of sp³-hybridized carbons (Fsp3) is 0.933. The van der Waals surface area contributed by atoms with E-state index in [1.165, 1.54) is 12.8 Å². The van der Waals surface area contributed by atoms with Crippen molar-refractivity contribution in [2.24, 2.45) is 23.5 Å². The van der Waals surface area contributed by atoms with Crippen LogP contribution in [0.1, 0.15) is 59.3 Å². The van der Waals surface area contributed by atoms with Crippen molar-refractivity contribution in [3.63, 3.8) is 0 Å². The van der Waals surface area contributed by atoms with Crippen molar-refractivity contribution < 1.29 is 4.79 Å². The minimum Gasteiger partial charge on any atom is -0.353 e. The van der Waals surface area contributed by atoms with E-state index in [9.17, 15) is 4.79 Å². The molecule has 3 N–H and O–H groups in total. The summed E-state index contributed by atoms with van der Waals surface area (Å²) in [4.78, 5) is 12.2. The molecule has 1 saturated carbocycles. The summed E-state index contributed by atoms with van der Waals surface area (Å²) >= 11 is 0. The van der Waals surface area contributed by atoms with Gasteiger partial charge in [-0.2, -0.15) is 0 Å². The monoisotopic (exact) mass is 254 g/mol. The third-order valence-corrected chi connectivity index (χ3v) is 4.33. The normalized spacial score (nSPS) is 27.6. The zero-order chi connectivity index (χ0) is 13.5. The first-order valence-corrected chi connectivity index (χ1v) is 7.57. The van der Waals surface area contributed by atoms with Crippen LogP contribution in [0.3, 0.4) is 0 Å². The molecule has 1 rings (SSSR count). The van der Waals surface area contributed by atoms with Crippen LogP contribution in [-0.2, 0) is 4.79 Å². The van der Waals surface area contributed by atoms with Gasteiger partial charge in [-0.15, -0.1) is 0 Å². The number of amides is 1. The lowest BCUT2D eigenvalue weighted by atomic mass is 9.81. The Balaban J connectivity index is 2.35. The van der Waals surface area contributed by atoms with Gasteiger partial charge in [0.1, 0.15) is 0 Å². The lowest BCUT2D eigenvalue weighted by Crippen LogP contribution is -2.40. The van der Waals surface area contributed by atoms with Crippen LogP contribution in [0.25, 0.3) is 0 Å². The van der Waals surface area contributed by atoms with Gasteiger partial charge in [-0.3, -0.25) is 4.79 Å². The Morgan fingerprint density at radius 3 is 2.72 bits per heavy atom. The Morgan fingerprint density at radius 1 is 1.39 bits per heavy atom. The molecule has 0 aliphatic heterocycles. The molecule has 4 unspecified atom stereocenters. The topological polar surface area (TPSA) is 55.1 Å². The number of nitrogens with one attached hydrogen (secondary N) is 1. The summed E-state index contributed by atoms with van der Waals surface area (Å²) in [5.74, 6) is 1.69. The quantitative estimate of drug-likeness (QED) is 0.765. The van der Waals surface area contributed by atoms with E-state index in [-0.39, 0.29) is 11.8 Å². The molecule has 106 valence electrons. The summed E-state index contributed by atoms with van der Waals surface area (Å²) in [6.45, 7) is 7.29. The molecule has 0 aromatic rings. The molecule has 0 saturated heterocycles. The molecule has 1 aliphatic carbocycles. The van der Waals surface area contributed by atoms with Crippen molar-refractivity contribution >= 4 is 5.91 Å². The SMILES string of the molecule is CCC(C)CC(C)NC(=O)C1CCCC(CN)C1. The fourth-order valence-corrected chi connectivity index (χ4v) is 2.93. The highest BCUT2D eigenvalue weighted by Crippen LogP contribution is 2.28. The van der Waals surface area contributed by atoms with Gasteiger partial charge in [-0.25, -0.2) is 0 Å². The van der Waals surface area contributed by atoms with E-state index in [2.05, 4.69) is 26.1 Å². The van der Waals surface area contributed by atoms with Gasteiger partial charge in [-0.1, -0.05) is 26.7 Å². The summed E-state index contributed by atoms with van der Waals surface area (Å²) in [6.07, 6.45) is 6.63. The standard InChI is InChI=1S/C15H30N2O/c1-4-11(2)8-12(3)17-15(18)14-7-5-6-13(9-14)10-16/h11-14H,4-10,16H2,1-3H3,(H,17,18). The molecule has 18 heavy (non-hydrogen) atoms. The molecule has 0 heterocycles. The van der Waals surface area contributed by atoms with Crippen LogP contribution in [0, 0.1) is 17.8 Å². The largest absolute Gasteiger partial charge is 0.353 e. The molecule has 3 heteroatoms. The van der Waals surface area contributed by atoms with Crippen molar-refractivity contribution in [2.45, 2.75) is 65.3 Å². The predicted octanol–water partition coefficient (Wildman–Crippen LogP) is 2.69. The maximum Gasteiger partial charge on any atom is 0.223 e. The number of nitrogens with two attached hydrogens (primary N) is 1. The van der Waals surface area contributed by atoms with Gasteiger partial charge in [0.15, 0.2) is 0 Å². The molecular weight excluding hydrogens is 224 g/mol. The number of hydrogen-bond donors (Lipinski definition) is 2. The Labute approximate surface area is 112 Å². The third-order valence-electron chi connectivity index (χ3n) is 4.33. The minimum absolute atomic E-state index is 0.201. The summed E-state index contributed by atoms with van der Waals surface area (Å²) < 4.78 is 0. The molecular formula is C15H30N2O. The molecule has 1 aliphatic rings. The minimum atomic E-state index is 0.201. The Hall–Kier alpha value is -0.570. The maximum atomic E-state index is 12.2. The van der Waals surface area contributed by atoms with E-state index in [4.69, 9.17) is 5.73 Å². The van der Waals surface area contributed by atoms with E-state index in [1.54, 1.807) is 0 Å². The van der Waals surface area contributed by atoms with Crippen LogP contribution >= 0.6 is 0 Å². The van der Waals surface area contributed by atoms with Crippen LogP contribution in [0.15, 0.2) is 0 Å². The molecule has 0 aromatic carbocycles. The molecule has 0 bridgehead atoms. The highest BCUT2D eigenvalue weighted by Gasteiger charge is 2.27. The first-order chi connectivity index (χ1) is 8.56. The molecule has 4 atom stereocenters. The second-order valence-corrected chi connectivity index (χ2v) is 6.12. The van der Waals surface area contributed by atoms with Crippen molar-refractivity contribution in [1.29, 1.82) is 0 Å². The molecule has 3 nitrogen and oxygen atoms in total. The van der Waals surface area contributed by atoms with E-state index in [0.717, 1.165) is 32.2 Å². The van der Waals surface area contributed by atoms with Crippen LogP contribution in [-0.4, -0.2) is 18.5 Å². The van der Waals surface area contributed by atoms with Gasteiger partial charge in [0, 0.05) is 12.0 Å². The molecule has 1 amide bonds. The maximum absolute atomic E-state index is 12.2. The highest BCUT2D eigenvalue weighted by atomic mass is 16.1. The van der Waals surface area contributed by atoms with Crippen LogP contribution in [0.5, 0.6) is 0 Å². The van der Waals surface area contributed by atoms with E-state index in [1.807, 2.05) is 0 Å². The van der Waals surface area contributed by atoms with Crippen LogP contribution in [0.2, 0.25) is 0 Å². The molecule has 0 spiro atoms. The Kier molecular flexibility index (Phi) is 6.69. The Morgan fingerprint density at radius 2 is 2.11 bits per heavy atom. The Bertz CT molecular complexity index is 255. The summed E-state index contributed by atoms with van der Waals surface area (Å²) in [5.41, 5.74) is 5.72. The van der Waals surface area contributed by atoms with Crippen LogP contribution in [0.4, 0.5) is 0 Å². The van der Waals surface area contributed by atoms with E-state index in [0.29, 0.717) is 17.9 Å². The number of rotatable bonds is 6. The summed E-state index contributed by atoms with van der Waals surface area (Å²) in [7, 11) is 0. The number of hydrogen-bond acceptors (Lipinski definition) is 2. The smallest absolute Gasteiger partial charge is 0.223 e. The first kappa shape index (κ1) is 15.5. The second kappa shape index (κ2) is 7.78. The van der Waals surface area contributed by atoms with Gasteiger partial charge >= 0.3 is 0 Å². The summed E-state index contributed by atoms with van der Waals surface area (Å²) in [6, 6.07) is 0.297. The average Bonchev–Trinajstić information content (AvgIpc) is 2.38. The molecule has 0 aromatic heterocycles. The zero-order valence-electron chi connectivity index (χ0n) is 12.2. The van der Waals surface area contributed by atoms with Gasteiger partial charge in [0.25, 0.3) is 0 Å². The van der Waals surface area contributed by atoms with Gasteiger partial charge in [0.2, 0.25) is 5.91 Å². The van der Waals surface area contributed by atoms with Crippen LogP contribution < -0.4 is 11.1 Å². The van der Waals surface area contributed by atoms with Crippen molar-refractivity contribution in [1.82, 2.24) is 5.32 Å². The van der Waals surface area contributed by atoms with Crippen molar-refractivity contribution in [2.75, 3.05) is 6.54 Å². The van der Waals surface area contributed by atoms with Gasteiger partial charge in [-0.05, 0) is 51.0 Å². The highest BCUT2D eigenvalue weighted by molar-refractivity contribution is 5.79. The number of carbonyl (C=O) groups is 1. The zero-order valence-corrected chi connectivity index (χ0v) is 12.2. The lowest BCUT2D eigenvalue weighted by molar-refractivity contribution is -0.127. The van der Waals surface area contributed by atoms with E-state index >= 15 is 0 Å². The van der Waals surface area contributed by atoms with Crippen molar-refractivity contribution in [3.8, 4) is 0 Å².